The number of nitrogens with one attached hydrogen (secondary N) is 1. The van der Waals surface area contributed by atoms with Gasteiger partial charge in [-0.1, -0.05) is 32.0 Å². The van der Waals surface area contributed by atoms with Crippen molar-refractivity contribution < 1.29 is 0 Å². The molecule has 1 heterocycles. The molecule has 1 aromatic heterocycles. The Kier molecular flexibility index (Phi) is 2.97. The minimum absolute atomic E-state index is 0.354. The maximum Gasteiger partial charge on any atom is 0.0952 e. The van der Waals surface area contributed by atoms with Crippen molar-refractivity contribution >= 4 is 10.9 Å². The molecular formula is C13H19N3. The van der Waals surface area contributed by atoms with Gasteiger partial charge in [-0.05, 0) is 18.4 Å². The number of hydrogen-bond acceptors (Lipinski definition) is 2. The van der Waals surface area contributed by atoms with Gasteiger partial charge >= 0.3 is 0 Å². The van der Waals surface area contributed by atoms with Crippen LogP contribution in [0.25, 0.3) is 10.9 Å². The topological polar surface area (TPSA) is 54.7 Å². The van der Waals surface area contributed by atoms with Gasteiger partial charge in [0.1, 0.15) is 0 Å². The maximum atomic E-state index is 5.85. The summed E-state index contributed by atoms with van der Waals surface area (Å²) in [5, 5.41) is 8.76. The van der Waals surface area contributed by atoms with Gasteiger partial charge in [0.05, 0.1) is 5.52 Å². The monoisotopic (exact) mass is 217 g/mol. The molecule has 3 nitrogen and oxygen atoms in total. The number of H-pyrrole nitrogens is 1. The van der Waals surface area contributed by atoms with Gasteiger partial charge in [-0.3, -0.25) is 5.10 Å². The van der Waals surface area contributed by atoms with E-state index < -0.39 is 0 Å². The minimum atomic E-state index is 0.354. The lowest BCUT2D eigenvalue weighted by molar-refractivity contribution is 0.497. The summed E-state index contributed by atoms with van der Waals surface area (Å²) in [4.78, 5) is 0. The predicted octanol–water partition coefficient (Wildman–Crippen LogP) is 2.57. The number of aromatic nitrogens is 2. The largest absolute Gasteiger partial charge is 0.330 e. The first-order valence-corrected chi connectivity index (χ1v) is 5.78. The first-order valence-electron chi connectivity index (χ1n) is 5.78. The molecule has 3 N–H and O–H groups in total. The molecule has 16 heavy (non-hydrogen) atoms. The molecular weight excluding hydrogens is 198 g/mol. The lowest BCUT2D eigenvalue weighted by Gasteiger charge is -2.17. The highest BCUT2D eigenvalue weighted by molar-refractivity contribution is 5.84. The summed E-state index contributed by atoms with van der Waals surface area (Å²) in [6, 6.07) is 6.27. The van der Waals surface area contributed by atoms with Gasteiger partial charge in [-0.2, -0.15) is 5.10 Å². The molecule has 1 unspecified atom stereocenters. The first-order chi connectivity index (χ1) is 7.65. The van der Waals surface area contributed by atoms with Gasteiger partial charge in [-0.15, -0.1) is 0 Å². The van der Waals surface area contributed by atoms with Crippen LogP contribution < -0.4 is 5.73 Å². The highest BCUT2D eigenvalue weighted by Gasteiger charge is 2.19. The van der Waals surface area contributed by atoms with E-state index in [1.54, 1.807) is 0 Å². The fourth-order valence-electron chi connectivity index (χ4n) is 2.21. The molecule has 3 heteroatoms. The Hall–Kier alpha value is -1.35. The van der Waals surface area contributed by atoms with Gasteiger partial charge in [0, 0.05) is 23.5 Å². The van der Waals surface area contributed by atoms with Gasteiger partial charge < -0.3 is 5.73 Å². The van der Waals surface area contributed by atoms with E-state index in [4.69, 9.17) is 5.73 Å². The second kappa shape index (κ2) is 4.26. The summed E-state index contributed by atoms with van der Waals surface area (Å²) in [5.74, 6) is 0.876. The van der Waals surface area contributed by atoms with Crippen molar-refractivity contribution in [2.45, 2.75) is 26.7 Å². The molecule has 0 saturated heterocycles. The molecule has 0 bridgehead atoms. The molecule has 1 aromatic carbocycles. The van der Waals surface area contributed by atoms with E-state index in [1.807, 2.05) is 0 Å². The molecule has 0 saturated carbocycles. The van der Waals surface area contributed by atoms with E-state index >= 15 is 0 Å². The van der Waals surface area contributed by atoms with Gasteiger partial charge in [0.25, 0.3) is 0 Å². The van der Waals surface area contributed by atoms with Crippen LogP contribution in [-0.2, 0) is 0 Å². The van der Waals surface area contributed by atoms with Crippen LogP contribution in [0.1, 0.15) is 31.0 Å². The summed E-state index contributed by atoms with van der Waals surface area (Å²) in [6.07, 6.45) is 0. The second-order valence-corrected chi connectivity index (χ2v) is 4.69. The Morgan fingerprint density at radius 3 is 2.75 bits per heavy atom. The number of nitrogens with zero attached hydrogens (tertiary/aromatic N) is 1. The lowest BCUT2D eigenvalue weighted by Crippen LogP contribution is -2.18. The number of rotatable bonds is 3. The van der Waals surface area contributed by atoms with Crippen molar-refractivity contribution in [3.63, 3.8) is 0 Å². The van der Waals surface area contributed by atoms with E-state index in [9.17, 15) is 0 Å². The van der Waals surface area contributed by atoms with Crippen molar-refractivity contribution in [2.24, 2.45) is 11.7 Å². The highest BCUT2D eigenvalue weighted by atomic mass is 15.1. The van der Waals surface area contributed by atoms with Crippen LogP contribution in [0.2, 0.25) is 0 Å². The average molecular weight is 217 g/mol. The molecule has 2 rings (SSSR count). The van der Waals surface area contributed by atoms with E-state index in [0.717, 1.165) is 5.52 Å². The lowest BCUT2D eigenvalue weighted by atomic mass is 9.90. The van der Waals surface area contributed by atoms with Crippen LogP contribution in [0.5, 0.6) is 0 Å². The highest BCUT2D eigenvalue weighted by Crippen LogP contribution is 2.29. The van der Waals surface area contributed by atoms with E-state index in [1.165, 1.54) is 16.6 Å². The third kappa shape index (κ3) is 1.71. The predicted molar refractivity (Wildman–Crippen MR) is 67.5 cm³/mol. The second-order valence-electron chi connectivity index (χ2n) is 4.69. The van der Waals surface area contributed by atoms with Crippen LogP contribution in [0.4, 0.5) is 0 Å². The smallest absolute Gasteiger partial charge is 0.0952 e. The Bertz CT molecular complexity index is 485. The van der Waals surface area contributed by atoms with Crippen molar-refractivity contribution in [1.29, 1.82) is 0 Å². The van der Waals surface area contributed by atoms with Crippen molar-refractivity contribution in [1.82, 2.24) is 10.2 Å². The van der Waals surface area contributed by atoms with Crippen molar-refractivity contribution in [2.75, 3.05) is 6.54 Å². The number of benzene rings is 1. The molecule has 86 valence electrons. The molecule has 2 aromatic rings. The number of para-hydroxylation sites is 1. The molecule has 0 aliphatic rings. The van der Waals surface area contributed by atoms with Gasteiger partial charge in [0.2, 0.25) is 0 Å². The molecule has 1 atom stereocenters. The summed E-state index contributed by atoms with van der Waals surface area (Å²) in [6.45, 7) is 7.13. The maximum absolute atomic E-state index is 5.85. The molecule has 0 amide bonds. The fraction of sp³-hybridized carbons (Fsp3) is 0.462. The standard InChI is InChI=1S/C13H19N3/c1-8(2)11(7-14)13-10-6-4-5-9(3)12(10)15-16-13/h4-6,8,11H,7,14H2,1-3H3,(H,15,16). The summed E-state index contributed by atoms with van der Waals surface area (Å²) < 4.78 is 0. The quantitative estimate of drug-likeness (QED) is 0.830. The zero-order valence-corrected chi connectivity index (χ0v) is 10.1. The summed E-state index contributed by atoms with van der Waals surface area (Å²) in [5.41, 5.74) is 9.30. The van der Waals surface area contributed by atoms with Crippen LogP contribution in [0.3, 0.4) is 0 Å². The third-order valence-electron chi connectivity index (χ3n) is 3.25. The number of fused-ring (bicyclic) bond motifs is 1. The number of hydrogen-bond donors (Lipinski definition) is 2. The number of nitrogens with two attached hydrogens (primary N) is 1. The van der Waals surface area contributed by atoms with Crippen LogP contribution in [0, 0.1) is 12.8 Å². The minimum Gasteiger partial charge on any atom is -0.330 e. The molecule has 0 aliphatic carbocycles. The Morgan fingerprint density at radius 2 is 2.12 bits per heavy atom. The van der Waals surface area contributed by atoms with Gasteiger partial charge in [0.15, 0.2) is 0 Å². The van der Waals surface area contributed by atoms with Crippen molar-refractivity contribution in [3.05, 3.63) is 29.5 Å². The van der Waals surface area contributed by atoms with E-state index in [0.29, 0.717) is 18.4 Å². The normalized spacial score (nSPS) is 13.6. The van der Waals surface area contributed by atoms with Crippen LogP contribution >= 0.6 is 0 Å². The average Bonchev–Trinajstić information content (AvgIpc) is 2.64. The van der Waals surface area contributed by atoms with Crippen LogP contribution in [0.15, 0.2) is 18.2 Å². The van der Waals surface area contributed by atoms with Crippen molar-refractivity contribution in [3.8, 4) is 0 Å². The van der Waals surface area contributed by atoms with Gasteiger partial charge in [-0.25, -0.2) is 0 Å². The number of aryl methyl sites for hydroxylation is 1. The molecule has 0 aliphatic heterocycles. The zero-order valence-electron chi connectivity index (χ0n) is 10.1. The summed E-state index contributed by atoms with van der Waals surface area (Å²) >= 11 is 0. The molecule has 0 radical (unpaired) electrons. The Balaban J connectivity index is 2.57. The first kappa shape index (κ1) is 11.1. The Morgan fingerprint density at radius 1 is 1.38 bits per heavy atom. The van der Waals surface area contributed by atoms with E-state index in [-0.39, 0.29) is 0 Å². The molecule has 0 fully saturated rings. The van der Waals surface area contributed by atoms with Crippen LogP contribution in [-0.4, -0.2) is 16.7 Å². The fourth-order valence-corrected chi connectivity index (χ4v) is 2.21. The molecule has 0 spiro atoms. The third-order valence-corrected chi connectivity index (χ3v) is 3.25. The zero-order chi connectivity index (χ0) is 11.7. The summed E-state index contributed by atoms with van der Waals surface area (Å²) in [7, 11) is 0. The Labute approximate surface area is 96.0 Å². The SMILES string of the molecule is Cc1cccc2c(C(CN)C(C)C)[nH]nc12. The number of aromatic amines is 1. The van der Waals surface area contributed by atoms with E-state index in [2.05, 4.69) is 49.2 Å².